The number of methoxy groups -OCH3 is 1. The third kappa shape index (κ3) is 7.46. The molecule has 0 aliphatic rings. The van der Waals surface area contributed by atoms with Crippen LogP contribution in [0.5, 0.6) is 17.2 Å². The smallest absolute Gasteiger partial charge is 0.309 e. The molecule has 3 atom stereocenters. The van der Waals surface area contributed by atoms with Crippen molar-refractivity contribution in [1.82, 2.24) is 4.98 Å². The molecule has 10 heteroatoms. The van der Waals surface area contributed by atoms with Gasteiger partial charge in [0.15, 0.2) is 28.8 Å². The van der Waals surface area contributed by atoms with E-state index in [4.69, 9.17) is 18.9 Å². The summed E-state index contributed by atoms with van der Waals surface area (Å²) in [6, 6.07) is 4.27. The highest BCUT2D eigenvalue weighted by atomic mass is 19.1. The number of carbonyl (C=O) groups is 3. The van der Waals surface area contributed by atoms with Crippen molar-refractivity contribution >= 4 is 17.7 Å². The molecule has 0 saturated carbocycles. The molecular weight excluding hydrogens is 464 g/mol. The minimum absolute atomic E-state index is 0.133. The largest absolute Gasteiger partial charge is 0.493 e. The zero-order chi connectivity index (χ0) is 26.3. The first kappa shape index (κ1) is 27.7. The lowest BCUT2D eigenvalue weighted by Gasteiger charge is -2.29. The van der Waals surface area contributed by atoms with E-state index in [9.17, 15) is 23.2 Å². The molecule has 0 bridgehead atoms. The Morgan fingerprint density at radius 3 is 2.31 bits per heavy atom. The molecule has 0 radical (unpaired) electrons. The molecule has 2 aromatic rings. The number of pyridine rings is 1. The molecule has 1 aromatic carbocycles. The molecule has 0 aliphatic heterocycles. The number of rotatable bonds is 11. The van der Waals surface area contributed by atoms with Crippen LogP contribution in [0.1, 0.15) is 51.5 Å². The predicted molar refractivity (Wildman–Crippen MR) is 121 cm³/mol. The van der Waals surface area contributed by atoms with E-state index in [0.717, 1.165) is 18.2 Å². The second-order valence-electron chi connectivity index (χ2n) is 8.36. The summed E-state index contributed by atoms with van der Waals surface area (Å²) < 4.78 is 48.9. The molecule has 1 heterocycles. The van der Waals surface area contributed by atoms with Gasteiger partial charge in [0.25, 0.3) is 0 Å². The van der Waals surface area contributed by atoms with Gasteiger partial charge in [-0.1, -0.05) is 20.8 Å². The minimum atomic E-state index is -0.887. The van der Waals surface area contributed by atoms with Gasteiger partial charge in [-0.2, -0.15) is 0 Å². The Labute approximate surface area is 202 Å². The van der Waals surface area contributed by atoms with E-state index in [-0.39, 0.29) is 35.3 Å². The molecule has 0 saturated heterocycles. The Morgan fingerprint density at radius 2 is 1.71 bits per heavy atom. The average Bonchev–Trinajstić information content (AvgIpc) is 2.78. The molecule has 35 heavy (non-hydrogen) atoms. The lowest BCUT2D eigenvalue weighted by atomic mass is 10.0. The first-order valence-corrected chi connectivity index (χ1v) is 11.0. The van der Waals surface area contributed by atoms with Gasteiger partial charge in [-0.25, -0.2) is 13.8 Å². The van der Waals surface area contributed by atoms with Crippen molar-refractivity contribution in [3.63, 3.8) is 0 Å². The molecule has 0 unspecified atom stereocenters. The SMILES string of the molecule is COc1ccnc(C(=O)C[C@@H](C)C(=O)O[C@@H](C)[C@H](Oc2cc(F)ccc2F)C(C)C)c1OC(C)=O. The molecule has 1 aromatic heterocycles. The van der Waals surface area contributed by atoms with Crippen LogP contribution >= 0.6 is 0 Å². The van der Waals surface area contributed by atoms with Crippen molar-refractivity contribution in [3.05, 3.63) is 47.8 Å². The minimum Gasteiger partial charge on any atom is -0.493 e. The fourth-order valence-electron chi connectivity index (χ4n) is 3.34. The van der Waals surface area contributed by atoms with E-state index < -0.39 is 47.5 Å². The van der Waals surface area contributed by atoms with Gasteiger partial charge >= 0.3 is 11.9 Å². The van der Waals surface area contributed by atoms with E-state index in [1.54, 1.807) is 20.8 Å². The number of hydrogen-bond acceptors (Lipinski definition) is 8. The molecule has 190 valence electrons. The number of esters is 2. The zero-order valence-electron chi connectivity index (χ0n) is 20.5. The maximum Gasteiger partial charge on any atom is 0.309 e. The highest BCUT2D eigenvalue weighted by Crippen LogP contribution is 2.31. The average molecular weight is 494 g/mol. The van der Waals surface area contributed by atoms with E-state index in [2.05, 4.69) is 4.98 Å². The second kappa shape index (κ2) is 12.2. The molecule has 0 aliphatic carbocycles. The zero-order valence-corrected chi connectivity index (χ0v) is 20.5. The van der Waals surface area contributed by atoms with Crippen LogP contribution in [0, 0.1) is 23.5 Å². The quantitative estimate of drug-likeness (QED) is 0.332. The number of hydrogen-bond donors (Lipinski definition) is 0. The van der Waals surface area contributed by atoms with Crippen molar-refractivity contribution in [2.24, 2.45) is 11.8 Å². The molecule has 0 spiro atoms. The second-order valence-corrected chi connectivity index (χ2v) is 8.36. The number of nitrogens with zero attached hydrogens (tertiary/aromatic N) is 1. The molecule has 0 fully saturated rings. The van der Waals surface area contributed by atoms with Crippen LogP contribution in [0.25, 0.3) is 0 Å². The Kier molecular flexibility index (Phi) is 9.68. The van der Waals surface area contributed by atoms with Gasteiger partial charge in [-0.15, -0.1) is 0 Å². The summed E-state index contributed by atoms with van der Waals surface area (Å²) in [6.45, 7) is 7.80. The van der Waals surface area contributed by atoms with Crippen LogP contribution in [0.4, 0.5) is 8.78 Å². The molecule has 8 nitrogen and oxygen atoms in total. The number of halogens is 2. The van der Waals surface area contributed by atoms with Crippen LogP contribution in [-0.2, 0) is 14.3 Å². The fraction of sp³-hybridized carbons (Fsp3) is 0.440. The van der Waals surface area contributed by atoms with Gasteiger partial charge in [0.1, 0.15) is 18.0 Å². The van der Waals surface area contributed by atoms with E-state index in [0.29, 0.717) is 0 Å². The number of Topliss-reactive ketones (excluding diaryl/α,β-unsaturated/α-hetero) is 1. The van der Waals surface area contributed by atoms with Crippen molar-refractivity contribution in [2.75, 3.05) is 7.11 Å². The van der Waals surface area contributed by atoms with Gasteiger partial charge in [0.2, 0.25) is 5.75 Å². The maximum atomic E-state index is 14.0. The standard InChI is InChI=1S/C25H29F2NO7/c1-13(2)23(35-21-12-17(26)7-8-18(21)27)15(4)33-25(31)14(3)11-19(30)22-24(34-16(5)29)20(32-6)9-10-28-22/h7-10,12-15,23H,11H2,1-6H3/t14-,15+,23-/m1/s1. The van der Waals surface area contributed by atoms with Crippen molar-refractivity contribution in [2.45, 2.75) is 53.2 Å². The number of ketones is 1. The number of carbonyl (C=O) groups excluding carboxylic acids is 3. The van der Waals surface area contributed by atoms with E-state index >= 15 is 0 Å². The molecule has 0 N–H and O–H groups in total. The van der Waals surface area contributed by atoms with Gasteiger partial charge in [0, 0.05) is 31.7 Å². The monoisotopic (exact) mass is 493 g/mol. The van der Waals surface area contributed by atoms with Gasteiger partial charge in [0.05, 0.1) is 13.0 Å². The van der Waals surface area contributed by atoms with Crippen molar-refractivity contribution < 1.29 is 42.1 Å². The third-order valence-corrected chi connectivity index (χ3v) is 5.07. The van der Waals surface area contributed by atoms with Crippen LogP contribution in [0.3, 0.4) is 0 Å². The summed E-state index contributed by atoms with van der Waals surface area (Å²) in [4.78, 5) is 41.0. The highest BCUT2D eigenvalue weighted by Gasteiger charge is 2.31. The van der Waals surface area contributed by atoms with Crippen LogP contribution in [0.15, 0.2) is 30.5 Å². The lowest BCUT2D eigenvalue weighted by Crippen LogP contribution is -2.39. The summed E-state index contributed by atoms with van der Waals surface area (Å²) >= 11 is 0. The molecule has 2 rings (SSSR count). The van der Waals surface area contributed by atoms with Crippen LogP contribution < -0.4 is 14.2 Å². The third-order valence-electron chi connectivity index (χ3n) is 5.07. The number of ether oxygens (including phenoxy) is 4. The van der Waals surface area contributed by atoms with Crippen LogP contribution in [-0.4, -0.2) is 42.0 Å². The summed E-state index contributed by atoms with van der Waals surface area (Å²) in [7, 11) is 1.35. The number of benzene rings is 1. The summed E-state index contributed by atoms with van der Waals surface area (Å²) in [5, 5.41) is 0. The van der Waals surface area contributed by atoms with Crippen LogP contribution in [0.2, 0.25) is 0 Å². The normalized spacial score (nSPS) is 13.5. The summed E-state index contributed by atoms with van der Waals surface area (Å²) in [6.07, 6.45) is -0.588. The van der Waals surface area contributed by atoms with E-state index in [1.165, 1.54) is 33.2 Å². The topological polar surface area (TPSA) is 101 Å². The Morgan fingerprint density at radius 1 is 1.03 bits per heavy atom. The molecular formula is C25H29F2NO7. The van der Waals surface area contributed by atoms with Crippen molar-refractivity contribution in [3.8, 4) is 17.2 Å². The van der Waals surface area contributed by atoms with Crippen molar-refractivity contribution in [1.29, 1.82) is 0 Å². The Hall–Kier alpha value is -3.56. The Balaban J connectivity index is 2.11. The van der Waals surface area contributed by atoms with Gasteiger partial charge in [-0.05, 0) is 25.0 Å². The Bertz CT molecular complexity index is 1070. The maximum absolute atomic E-state index is 14.0. The predicted octanol–water partition coefficient (Wildman–Crippen LogP) is 4.54. The van der Waals surface area contributed by atoms with E-state index in [1.807, 2.05) is 0 Å². The number of aromatic nitrogens is 1. The first-order valence-electron chi connectivity index (χ1n) is 11.0. The summed E-state index contributed by atoms with van der Waals surface area (Å²) in [5.74, 6) is -4.73. The lowest BCUT2D eigenvalue weighted by molar-refractivity contribution is -0.158. The fourth-order valence-corrected chi connectivity index (χ4v) is 3.34. The summed E-state index contributed by atoms with van der Waals surface area (Å²) in [5.41, 5.74) is -0.155. The first-order chi connectivity index (χ1) is 16.4. The highest BCUT2D eigenvalue weighted by molar-refractivity contribution is 5.99. The molecule has 0 amide bonds. The van der Waals surface area contributed by atoms with Gasteiger partial charge < -0.3 is 18.9 Å². The van der Waals surface area contributed by atoms with Gasteiger partial charge in [-0.3, -0.25) is 14.4 Å².